The van der Waals surface area contributed by atoms with Crippen LogP contribution in [0, 0.1) is 5.82 Å². The van der Waals surface area contributed by atoms with Gasteiger partial charge in [0.2, 0.25) is 0 Å². The van der Waals surface area contributed by atoms with E-state index in [0.717, 1.165) is 6.42 Å². The zero-order valence-electron chi connectivity index (χ0n) is 11.9. The molecule has 5 heteroatoms. The number of amidine groups is 1. The van der Waals surface area contributed by atoms with Crippen molar-refractivity contribution in [3.8, 4) is 0 Å². The van der Waals surface area contributed by atoms with E-state index < -0.39 is 5.82 Å². The molecule has 1 aromatic rings. The lowest BCUT2D eigenvalue weighted by atomic mass is 9.98. The standard InChI is InChI=1S/C14H22FN3O/c1-5-14(2,3)18(4)9-10-7-6-8-11(12(10)15)13(16)17-19/h6-8,19H,5,9H2,1-4H3,(H2,16,17). The lowest BCUT2D eigenvalue weighted by Gasteiger charge is -2.35. The average molecular weight is 267 g/mol. The van der Waals surface area contributed by atoms with Gasteiger partial charge in [0.05, 0.1) is 5.56 Å². The highest BCUT2D eigenvalue weighted by molar-refractivity contribution is 5.97. The van der Waals surface area contributed by atoms with Gasteiger partial charge >= 0.3 is 0 Å². The first kappa shape index (κ1) is 15.4. The summed E-state index contributed by atoms with van der Waals surface area (Å²) in [5.41, 5.74) is 6.10. The summed E-state index contributed by atoms with van der Waals surface area (Å²) in [6.45, 7) is 6.79. The normalized spacial score (nSPS) is 13.1. The van der Waals surface area contributed by atoms with Gasteiger partial charge in [-0.15, -0.1) is 0 Å². The lowest BCUT2D eigenvalue weighted by molar-refractivity contribution is 0.141. The highest BCUT2D eigenvalue weighted by atomic mass is 19.1. The molecule has 0 aliphatic carbocycles. The van der Waals surface area contributed by atoms with E-state index in [2.05, 4.69) is 30.8 Å². The third kappa shape index (κ3) is 3.44. The molecule has 0 aromatic heterocycles. The number of benzene rings is 1. The van der Waals surface area contributed by atoms with Crippen LogP contribution < -0.4 is 5.73 Å². The summed E-state index contributed by atoms with van der Waals surface area (Å²) in [5.74, 6) is -0.645. The van der Waals surface area contributed by atoms with E-state index in [1.54, 1.807) is 12.1 Å². The minimum atomic E-state index is -0.434. The molecule has 0 aliphatic heterocycles. The van der Waals surface area contributed by atoms with E-state index in [1.165, 1.54) is 6.07 Å². The van der Waals surface area contributed by atoms with E-state index >= 15 is 0 Å². The van der Waals surface area contributed by atoms with Crippen molar-refractivity contribution in [1.82, 2.24) is 4.90 Å². The van der Waals surface area contributed by atoms with Crippen LogP contribution in [-0.2, 0) is 6.54 Å². The molecule has 0 aliphatic rings. The summed E-state index contributed by atoms with van der Waals surface area (Å²) in [6.07, 6.45) is 0.963. The molecule has 0 amide bonds. The van der Waals surface area contributed by atoms with Gasteiger partial charge in [0.1, 0.15) is 5.82 Å². The Hall–Kier alpha value is -1.62. The summed E-state index contributed by atoms with van der Waals surface area (Å²) in [6, 6.07) is 4.92. The zero-order valence-corrected chi connectivity index (χ0v) is 11.9. The molecule has 1 aromatic carbocycles. The smallest absolute Gasteiger partial charge is 0.173 e. The molecule has 0 bridgehead atoms. The summed E-state index contributed by atoms with van der Waals surface area (Å²) >= 11 is 0. The Morgan fingerprint density at radius 2 is 2.11 bits per heavy atom. The topological polar surface area (TPSA) is 61.8 Å². The molecule has 0 radical (unpaired) electrons. The first-order chi connectivity index (χ1) is 8.83. The Kier molecular flexibility index (Phi) is 4.89. The molecule has 0 spiro atoms. The van der Waals surface area contributed by atoms with Gasteiger partial charge in [-0.1, -0.05) is 24.2 Å². The fourth-order valence-electron chi connectivity index (χ4n) is 1.69. The minimum Gasteiger partial charge on any atom is -0.409 e. The van der Waals surface area contributed by atoms with Gasteiger partial charge in [-0.3, -0.25) is 4.90 Å². The monoisotopic (exact) mass is 267 g/mol. The lowest BCUT2D eigenvalue weighted by Crippen LogP contribution is -2.40. The van der Waals surface area contributed by atoms with Crippen LogP contribution in [0.3, 0.4) is 0 Å². The molecule has 0 atom stereocenters. The second-order valence-electron chi connectivity index (χ2n) is 5.29. The quantitative estimate of drug-likeness (QED) is 0.373. The van der Waals surface area contributed by atoms with Crippen LogP contribution in [-0.4, -0.2) is 28.5 Å². The average Bonchev–Trinajstić information content (AvgIpc) is 2.40. The predicted molar refractivity (Wildman–Crippen MR) is 74.7 cm³/mol. The fourth-order valence-corrected chi connectivity index (χ4v) is 1.69. The summed E-state index contributed by atoms with van der Waals surface area (Å²) in [4.78, 5) is 2.08. The molecule has 106 valence electrons. The molecule has 0 heterocycles. The van der Waals surface area contributed by atoms with Crippen molar-refractivity contribution >= 4 is 5.84 Å². The summed E-state index contributed by atoms with van der Waals surface area (Å²) in [5, 5.41) is 11.5. The fraction of sp³-hybridized carbons (Fsp3) is 0.500. The molecule has 0 saturated heterocycles. The van der Waals surface area contributed by atoms with Crippen molar-refractivity contribution in [3.63, 3.8) is 0 Å². The van der Waals surface area contributed by atoms with Gasteiger partial charge in [0, 0.05) is 17.6 Å². The van der Waals surface area contributed by atoms with E-state index in [4.69, 9.17) is 10.9 Å². The summed E-state index contributed by atoms with van der Waals surface area (Å²) < 4.78 is 14.3. The van der Waals surface area contributed by atoms with Crippen molar-refractivity contribution in [2.75, 3.05) is 7.05 Å². The van der Waals surface area contributed by atoms with Crippen LogP contribution in [0.1, 0.15) is 38.3 Å². The zero-order chi connectivity index (χ0) is 14.6. The SMILES string of the molecule is CCC(C)(C)N(C)Cc1cccc(/C(N)=N/O)c1F. The maximum atomic E-state index is 14.3. The summed E-state index contributed by atoms with van der Waals surface area (Å²) in [7, 11) is 1.96. The highest BCUT2D eigenvalue weighted by Gasteiger charge is 2.22. The Morgan fingerprint density at radius 3 is 2.63 bits per heavy atom. The second kappa shape index (κ2) is 6.02. The largest absolute Gasteiger partial charge is 0.409 e. The van der Waals surface area contributed by atoms with Crippen molar-refractivity contribution in [2.24, 2.45) is 10.9 Å². The second-order valence-corrected chi connectivity index (χ2v) is 5.29. The van der Waals surface area contributed by atoms with Crippen molar-refractivity contribution in [3.05, 3.63) is 35.1 Å². The Morgan fingerprint density at radius 1 is 1.47 bits per heavy atom. The van der Waals surface area contributed by atoms with Crippen molar-refractivity contribution in [2.45, 2.75) is 39.3 Å². The van der Waals surface area contributed by atoms with Crippen LogP contribution >= 0.6 is 0 Å². The predicted octanol–water partition coefficient (Wildman–Crippen LogP) is 2.54. The molecule has 0 saturated carbocycles. The highest BCUT2D eigenvalue weighted by Crippen LogP contribution is 2.21. The maximum Gasteiger partial charge on any atom is 0.173 e. The van der Waals surface area contributed by atoms with Crippen LogP contribution in [0.5, 0.6) is 0 Å². The van der Waals surface area contributed by atoms with Crippen LogP contribution in [0.4, 0.5) is 4.39 Å². The van der Waals surface area contributed by atoms with Gasteiger partial charge in [0.25, 0.3) is 0 Å². The molecule has 3 N–H and O–H groups in total. The molecule has 4 nitrogen and oxygen atoms in total. The van der Waals surface area contributed by atoms with E-state index in [-0.39, 0.29) is 16.9 Å². The molecule has 1 rings (SSSR count). The van der Waals surface area contributed by atoms with Crippen LogP contribution in [0.15, 0.2) is 23.4 Å². The number of nitrogens with two attached hydrogens (primary N) is 1. The Balaban J connectivity index is 3.04. The van der Waals surface area contributed by atoms with Crippen molar-refractivity contribution in [1.29, 1.82) is 0 Å². The van der Waals surface area contributed by atoms with E-state index in [1.807, 2.05) is 7.05 Å². The van der Waals surface area contributed by atoms with Gasteiger partial charge < -0.3 is 10.9 Å². The minimum absolute atomic E-state index is 0.0148. The van der Waals surface area contributed by atoms with Gasteiger partial charge in [-0.05, 0) is 33.4 Å². The van der Waals surface area contributed by atoms with Crippen LogP contribution in [0.2, 0.25) is 0 Å². The first-order valence-electron chi connectivity index (χ1n) is 6.30. The molecule has 0 fully saturated rings. The number of hydrogen-bond donors (Lipinski definition) is 2. The van der Waals surface area contributed by atoms with Gasteiger partial charge in [-0.25, -0.2) is 4.39 Å². The molecular weight excluding hydrogens is 245 g/mol. The molecule has 0 unspecified atom stereocenters. The maximum absolute atomic E-state index is 14.3. The van der Waals surface area contributed by atoms with Gasteiger partial charge in [0.15, 0.2) is 5.84 Å². The van der Waals surface area contributed by atoms with E-state index in [9.17, 15) is 4.39 Å². The number of nitrogens with zero attached hydrogens (tertiary/aromatic N) is 2. The number of oxime groups is 1. The van der Waals surface area contributed by atoms with Gasteiger partial charge in [-0.2, -0.15) is 0 Å². The number of hydrogen-bond acceptors (Lipinski definition) is 3. The first-order valence-corrected chi connectivity index (χ1v) is 6.30. The molecule has 19 heavy (non-hydrogen) atoms. The Bertz CT molecular complexity index is 472. The van der Waals surface area contributed by atoms with Crippen LogP contribution in [0.25, 0.3) is 0 Å². The third-order valence-electron chi connectivity index (χ3n) is 3.77. The number of rotatable bonds is 5. The molecular formula is C14H22FN3O. The Labute approximate surface area is 113 Å². The van der Waals surface area contributed by atoms with Crippen molar-refractivity contribution < 1.29 is 9.60 Å². The number of halogens is 1. The third-order valence-corrected chi connectivity index (χ3v) is 3.77. The van der Waals surface area contributed by atoms with E-state index in [0.29, 0.717) is 12.1 Å².